The summed E-state index contributed by atoms with van der Waals surface area (Å²) in [6.07, 6.45) is 5.18. The van der Waals surface area contributed by atoms with Gasteiger partial charge in [0.1, 0.15) is 0 Å². The van der Waals surface area contributed by atoms with Crippen LogP contribution in [0.25, 0.3) is 0 Å². The van der Waals surface area contributed by atoms with E-state index >= 15 is 0 Å². The Morgan fingerprint density at radius 2 is 2.38 bits per heavy atom. The van der Waals surface area contributed by atoms with Crippen molar-refractivity contribution in [3.05, 3.63) is 24.0 Å². The van der Waals surface area contributed by atoms with Gasteiger partial charge in [0, 0.05) is 24.6 Å². The van der Waals surface area contributed by atoms with Crippen molar-refractivity contribution in [2.75, 3.05) is 11.9 Å². The molecule has 0 aliphatic rings. The highest BCUT2D eigenvalue weighted by molar-refractivity contribution is 5.93. The quantitative estimate of drug-likeness (QED) is 0.795. The molecule has 0 bridgehead atoms. The first kappa shape index (κ1) is 12.6. The van der Waals surface area contributed by atoms with Gasteiger partial charge in [-0.05, 0) is 25.0 Å². The van der Waals surface area contributed by atoms with E-state index < -0.39 is 0 Å². The van der Waals surface area contributed by atoms with E-state index in [1.165, 1.54) is 0 Å². The number of pyridine rings is 1. The summed E-state index contributed by atoms with van der Waals surface area (Å²) in [5, 5.41) is 2.89. The molecule has 0 saturated heterocycles. The van der Waals surface area contributed by atoms with Crippen LogP contribution in [0.5, 0.6) is 0 Å². The number of rotatable bonds is 5. The standard InChI is InChI=1S/C12H19N3O/c1-3-4-10(7-13)12(16)15-11-5-6-14-8-9(11)2/h5-6,8,10H,3-4,7,13H2,1-2H3,(H,14,15,16). The lowest BCUT2D eigenvalue weighted by Gasteiger charge is -2.14. The van der Waals surface area contributed by atoms with Crippen molar-refractivity contribution >= 4 is 11.6 Å². The second-order valence-electron chi connectivity index (χ2n) is 3.90. The van der Waals surface area contributed by atoms with Gasteiger partial charge in [0.05, 0.1) is 5.92 Å². The molecule has 0 aromatic carbocycles. The van der Waals surface area contributed by atoms with Crippen LogP contribution in [0, 0.1) is 12.8 Å². The number of carbonyl (C=O) groups excluding carboxylic acids is 1. The number of amides is 1. The van der Waals surface area contributed by atoms with E-state index in [-0.39, 0.29) is 11.8 Å². The number of hydrogen-bond donors (Lipinski definition) is 2. The Morgan fingerprint density at radius 3 is 2.94 bits per heavy atom. The van der Waals surface area contributed by atoms with Crippen molar-refractivity contribution in [1.82, 2.24) is 4.98 Å². The number of nitrogens with zero attached hydrogens (tertiary/aromatic N) is 1. The molecule has 1 amide bonds. The van der Waals surface area contributed by atoms with Crippen LogP contribution < -0.4 is 11.1 Å². The van der Waals surface area contributed by atoms with Crippen molar-refractivity contribution < 1.29 is 4.79 Å². The lowest BCUT2D eigenvalue weighted by Crippen LogP contribution is -2.29. The van der Waals surface area contributed by atoms with Gasteiger partial charge in [0.15, 0.2) is 0 Å². The first-order valence-corrected chi connectivity index (χ1v) is 5.60. The minimum Gasteiger partial charge on any atom is -0.330 e. The van der Waals surface area contributed by atoms with Crippen LogP contribution >= 0.6 is 0 Å². The molecule has 0 fully saturated rings. The third-order valence-corrected chi connectivity index (χ3v) is 2.57. The molecule has 88 valence electrons. The Morgan fingerprint density at radius 1 is 1.62 bits per heavy atom. The van der Waals surface area contributed by atoms with Crippen molar-refractivity contribution in [2.24, 2.45) is 11.7 Å². The van der Waals surface area contributed by atoms with Gasteiger partial charge in [0.2, 0.25) is 5.91 Å². The molecule has 3 N–H and O–H groups in total. The molecule has 1 aromatic rings. The summed E-state index contributed by atoms with van der Waals surface area (Å²) < 4.78 is 0. The first-order valence-electron chi connectivity index (χ1n) is 5.60. The van der Waals surface area contributed by atoms with Gasteiger partial charge in [-0.1, -0.05) is 13.3 Å². The van der Waals surface area contributed by atoms with Crippen molar-refractivity contribution in [2.45, 2.75) is 26.7 Å². The molecule has 0 aliphatic heterocycles. The highest BCUT2D eigenvalue weighted by Gasteiger charge is 2.16. The van der Waals surface area contributed by atoms with Gasteiger partial charge >= 0.3 is 0 Å². The summed E-state index contributed by atoms with van der Waals surface area (Å²) in [4.78, 5) is 15.9. The van der Waals surface area contributed by atoms with Gasteiger partial charge in [-0.3, -0.25) is 9.78 Å². The molecular formula is C12H19N3O. The molecule has 0 aliphatic carbocycles. The van der Waals surface area contributed by atoms with Crippen LogP contribution in [0.3, 0.4) is 0 Å². The minimum absolute atomic E-state index is 0.00125. The van der Waals surface area contributed by atoms with Crippen LogP contribution in [0.2, 0.25) is 0 Å². The van der Waals surface area contributed by atoms with Gasteiger partial charge in [0.25, 0.3) is 0 Å². The van der Waals surface area contributed by atoms with Crippen LogP contribution in [-0.4, -0.2) is 17.4 Å². The topological polar surface area (TPSA) is 68.0 Å². The van der Waals surface area contributed by atoms with E-state index in [1.54, 1.807) is 18.5 Å². The molecule has 0 spiro atoms. The summed E-state index contributed by atoms with van der Waals surface area (Å²) in [5.41, 5.74) is 7.35. The lowest BCUT2D eigenvalue weighted by molar-refractivity contribution is -0.119. The summed E-state index contributed by atoms with van der Waals surface area (Å²) in [7, 11) is 0. The van der Waals surface area contributed by atoms with Crippen LogP contribution in [-0.2, 0) is 4.79 Å². The minimum atomic E-state index is -0.0995. The SMILES string of the molecule is CCCC(CN)C(=O)Nc1ccncc1C. The smallest absolute Gasteiger partial charge is 0.228 e. The molecule has 1 unspecified atom stereocenters. The second-order valence-corrected chi connectivity index (χ2v) is 3.90. The fourth-order valence-electron chi connectivity index (χ4n) is 1.55. The molecular weight excluding hydrogens is 202 g/mol. The van der Waals surface area contributed by atoms with E-state index in [4.69, 9.17) is 5.73 Å². The predicted octanol–water partition coefficient (Wildman–Crippen LogP) is 1.70. The zero-order chi connectivity index (χ0) is 12.0. The predicted molar refractivity (Wildman–Crippen MR) is 65.1 cm³/mol. The van der Waals surface area contributed by atoms with Crippen LogP contribution in [0.4, 0.5) is 5.69 Å². The summed E-state index contributed by atoms with van der Waals surface area (Å²) in [5.74, 6) is -0.101. The lowest BCUT2D eigenvalue weighted by atomic mass is 10.0. The Kier molecular flexibility index (Phi) is 4.92. The summed E-state index contributed by atoms with van der Waals surface area (Å²) in [6, 6.07) is 1.80. The fraction of sp³-hybridized carbons (Fsp3) is 0.500. The van der Waals surface area contributed by atoms with E-state index in [1.807, 2.05) is 13.8 Å². The number of hydrogen-bond acceptors (Lipinski definition) is 3. The normalized spacial score (nSPS) is 12.2. The fourth-order valence-corrected chi connectivity index (χ4v) is 1.55. The molecule has 16 heavy (non-hydrogen) atoms. The molecule has 0 saturated carbocycles. The monoisotopic (exact) mass is 221 g/mol. The Labute approximate surface area is 96.3 Å². The third-order valence-electron chi connectivity index (χ3n) is 2.57. The molecule has 4 nitrogen and oxygen atoms in total. The zero-order valence-electron chi connectivity index (χ0n) is 9.86. The Bertz CT molecular complexity index is 352. The summed E-state index contributed by atoms with van der Waals surface area (Å²) in [6.45, 7) is 4.36. The Balaban J connectivity index is 2.66. The van der Waals surface area contributed by atoms with Gasteiger partial charge in [-0.25, -0.2) is 0 Å². The number of nitrogens with one attached hydrogen (secondary N) is 1. The van der Waals surface area contributed by atoms with E-state index in [2.05, 4.69) is 10.3 Å². The zero-order valence-corrected chi connectivity index (χ0v) is 9.86. The maximum atomic E-state index is 11.9. The maximum Gasteiger partial charge on any atom is 0.228 e. The number of anilines is 1. The van der Waals surface area contributed by atoms with Gasteiger partial charge in [-0.15, -0.1) is 0 Å². The largest absolute Gasteiger partial charge is 0.330 e. The average molecular weight is 221 g/mol. The highest BCUT2D eigenvalue weighted by atomic mass is 16.1. The van der Waals surface area contributed by atoms with Crippen molar-refractivity contribution in [3.8, 4) is 0 Å². The molecule has 1 heterocycles. The second kappa shape index (κ2) is 6.23. The molecule has 1 aromatic heterocycles. The number of aryl methyl sites for hydroxylation is 1. The third kappa shape index (κ3) is 3.31. The Hall–Kier alpha value is -1.42. The molecule has 4 heteroatoms. The van der Waals surface area contributed by atoms with Gasteiger partial charge in [-0.2, -0.15) is 0 Å². The number of aromatic nitrogens is 1. The highest BCUT2D eigenvalue weighted by Crippen LogP contribution is 2.14. The van der Waals surface area contributed by atoms with E-state index in [9.17, 15) is 4.79 Å². The van der Waals surface area contributed by atoms with Crippen LogP contribution in [0.15, 0.2) is 18.5 Å². The number of nitrogens with two attached hydrogens (primary N) is 1. The van der Waals surface area contributed by atoms with E-state index in [0.717, 1.165) is 24.1 Å². The van der Waals surface area contributed by atoms with Crippen LogP contribution in [0.1, 0.15) is 25.3 Å². The van der Waals surface area contributed by atoms with Crippen molar-refractivity contribution in [3.63, 3.8) is 0 Å². The van der Waals surface area contributed by atoms with E-state index in [0.29, 0.717) is 6.54 Å². The number of carbonyl (C=O) groups is 1. The average Bonchev–Trinajstić information content (AvgIpc) is 2.29. The van der Waals surface area contributed by atoms with Gasteiger partial charge < -0.3 is 11.1 Å². The maximum absolute atomic E-state index is 11.9. The molecule has 0 radical (unpaired) electrons. The molecule has 1 atom stereocenters. The first-order chi connectivity index (χ1) is 7.69. The van der Waals surface area contributed by atoms with Crippen molar-refractivity contribution in [1.29, 1.82) is 0 Å². The molecule has 1 rings (SSSR count). The summed E-state index contributed by atoms with van der Waals surface area (Å²) >= 11 is 0.